The number of amides is 1. The molecule has 2 aliphatic rings. The number of carbonyl (C=O) groups is 1. The second-order valence-corrected chi connectivity index (χ2v) is 7.13. The molecular formula is C17H21F3N6O. The molecule has 0 aromatic carbocycles. The van der Waals surface area contributed by atoms with Crippen LogP contribution in [0.4, 0.5) is 19.0 Å². The lowest BCUT2D eigenvalue weighted by atomic mass is 10.1. The van der Waals surface area contributed by atoms with Crippen molar-refractivity contribution in [1.82, 2.24) is 24.7 Å². The molecule has 0 N–H and O–H groups in total. The van der Waals surface area contributed by atoms with Gasteiger partial charge < -0.3 is 9.80 Å². The lowest BCUT2D eigenvalue weighted by molar-refractivity contribution is -0.146. The van der Waals surface area contributed by atoms with Gasteiger partial charge in [-0.05, 0) is 31.4 Å². The van der Waals surface area contributed by atoms with E-state index in [1.807, 2.05) is 9.80 Å². The fraction of sp³-hybridized carbons (Fsp3) is 0.647. The predicted octanol–water partition coefficient (Wildman–Crippen LogP) is 2.37. The molecule has 4 rings (SSSR count). The predicted molar refractivity (Wildman–Crippen MR) is 91.2 cm³/mol. The standard InChI is InChI=1S/C17H21F3N6O/c18-17(19,20)16-22-21-13-6-7-14(23-26(13)16)24-8-3-9-25(11-10-24)15(27)12-4-1-2-5-12/h6-7,12H,1-5,8-11H2. The van der Waals surface area contributed by atoms with Crippen molar-refractivity contribution >= 4 is 17.4 Å². The van der Waals surface area contributed by atoms with Crippen LogP contribution in [0, 0.1) is 5.92 Å². The molecule has 1 aliphatic carbocycles. The van der Waals surface area contributed by atoms with Crippen LogP contribution in [0.2, 0.25) is 0 Å². The summed E-state index contributed by atoms with van der Waals surface area (Å²) < 4.78 is 39.9. The molecular weight excluding hydrogens is 361 g/mol. The van der Waals surface area contributed by atoms with E-state index in [1.165, 1.54) is 6.07 Å². The maximum Gasteiger partial charge on any atom is 0.453 e. The minimum absolute atomic E-state index is 0.0546. The van der Waals surface area contributed by atoms with Gasteiger partial charge in [0, 0.05) is 32.1 Å². The van der Waals surface area contributed by atoms with Gasteiger partial charge in [0.15, 0.2) is 5.65 Å². The van der Waals surface area contributed by atoms with E-state index in [-0.39, 0.29) is 17.5 Å². The third-order valence-electron chi connectivity index (χ3n) is 5.34. The van der Waals surface area contributed by atoms with E-state index in [2.05, 4.69) is 15.3 Å². The summed E-state index contributed by atoms with van der Waals surface area (Å²) in [6.45, 7) is 2.41. The first kappa shape index (κ1) is 18.0. The summed E-state index contributed by atoms with van der Waals surface area (Å²) in [5, 5.41) is 10.8. The lowest BCUT2D eigenvalue weighted by Crippen LogP contribution is -2.38. The van der Waals surface area contributed by atoms with E-state index < -0.39 is 12.0 Å². The Balaban J connectivity index is 1.51. The SMILES string of the molecule is O=C(C1CCCC1)N1CCCN(c2ccc3nnc(C(F)(F)F)n3n2)CC1. The van der Waals surface area contributed by atoms with Crippen molar-refractivity contribution < 1.29 is 18.0 Å². The Kier molecular flexibility index (Phi) is 4.65. The van der Waals surface area contributed by atoms with Gasteiger partial charge in [0.2, 0.25) is 5.91 Å². The normalized spacial score (nSPS) is 19.7. The van der Waals surface area contributed by atoms with Gasteiger partial charge in [-0.2, -0.15) is 17.7 Å². The van der Waals surface area contributed by atoms with E-state index >= 15 is 0 Å². The maximum absolute atomic E-state index is 13.1. The first-order valence-electron chi connectivity index (χ1n) is 9.27. The second kappa shape index (κ2) is 6.97. The Labute approximate surface area is 154 Å². The van der Waals surface area contributed by atoms with Crippen LogP contribution in [0.1, 0.15) is 37.9 Å². The second-order valence-electron chi connectivity index (χ2n) is 7.13. The van der Waals surface area contributed by atoms with Crippen LogP contribution >= 0.6 is 0 Å². The molecule has 0 unspecified atom stereocenters. The molecule has 1 amide bonds. The van der Waals surface area contributed by atoms with Crippen molar-refractivity contribution in [2.45, 2.75) is 38.3 Å². The fourth-order valence-electron chi connectivity index (χ4n) is 3.92. The van der Waals surface area contributed by atoms with E-state index in [0.29, 0.717) is 32.0 Å². The number of aromatic nitrogens is 4. The summed E-state index contributed by atoms with van der Waals surface area (Å²) in [5.41, 5.74) is 0.0546. The third-order valence-corrected chi connectivity index (χ3v) is 5.34. The number of nitrogens with zero attached hydrogens (tertiary/aromatic N) is 6. The van der Waals surface area contributed by atoms with Crippen molar-refractivity contribution in [1.29, 1.82) is 0 Å². The van der Waals surface area contributed by atoms with Crippen molar-refractivity contribution in [2.24, 2.45) is 5.92 Å². The molecule has 2 aromatic rings. The molecule has 0 bridgehead atoms. The zero-order chi connectivity index (χ0) is 19.0. The number of rotatable bonds is 2. The quantitative estimate of drug-likeness (QED) is 0.798. The molecule has 10 heteroatoms. The molecule has 2 fully saturated rings. The largest absolute Gasteiger partial charge is 0.453 e. The highest BCUT2D eigenvalue weighted by molar-refractivity contribution is 5.79. The van der Waals surface area contributed by atoms with Gasteiger partial charge in [-0.3, -0.25) is 4.79 Å². The van der Waals surface area contributed by atoms with E-state index in [1.54, 1.807) is 6.07 Å². The van der Waals surface area contributed by atoms with Crippen molar-refractivity contribution in [3.63, 3.8) is 0 Å². The smallest absolute Gasteiger partial charge is 0.353 e. The molecule has 2 aromatic heterocycles. The number of hydrogen-bond acceptors (Lipinski definition) is 5. The van der Waals surface area contributed by atoms with Gasteiger partial charge in [-0.25, -0.2) is 0 Å². The number of hydrogen-bond donors (Lipinski definition) is 0. The summed E-state index contributed by atoms with van der Waals surface area (Å²) in [4.78, 5) is 16.5. The molecule has 0 atom stereocenters. The Morgan fingerprint density at radius 1 is 1.00 bits per heavy atom. The van der Waals surface area contributed by atoms with Crippen LogP contribution in [-0.2, 0) is 11.0 Å². The van der Waals surface area contributed by atoms with Crippen LogP contribution < -0.4 is 4.90 Å². The van der Waals surface area contributed by atoms with Gasteiger partial charge in [0.25, 0.3) is 5.82 Å². The first-order chi connectivity index (χ1) is 12.9. The van der Waals surface area contributed by atoms with Crippen LogP contribution in [0.15, 0.2) is 12.1 Å². The van der Waals surface area contributed by atoms with E-state index in [0.717, 1.165) is 36.6 Å². The molecule has 1 saturated carbocycles. The first-order valence-corrected chi connectivity index (χ1v) is 9.27. The number of anilines is 1. The molecule has 3 heterocycles. The highest BCUT2D eigenvalue weighted by atomic mass is 19.4. The monoisotopic (exact) mass is 382 g/mol. The molecule has 27 heavy (non-hydrogen) atoms. The van der Waals surface area contributed by atoms with Gasteiger partial charge in [-0.15, -0.1) is 15.3 Å². The average Bonchev–Trinajstić information content (AvgIpc) is 3.25. The van der Waals surface area contributed by atoms with Crippen LogP contribution in [-0.4, -0.2) is 56.8 Å². The topological polar surface area (TPSA) is 66.6 Å². The Morgan fingerprint density at radius 2 is 1.78 bits per heavy atom. The van der Waals surface area contributed by atoms with E-state index in [9.17, 15) is 18.0 Å². The molecule has 7 nitrogen and oxygen atoms in total. The van der Waals surface area contributed by atoms with Crippen LogP contribution in [0.25, 0.3) is 5.65 Å². The summed E-state index contributed by atoms with van der Waals surface area (Å²) in [7, 11) is 0. The van der Waals surface area contributed by atoms with Crippen LogP contribution in [0.3, 0.4) is 0 Å². The fourth-order valence-corrected chi connectivity index (χ4v) is 3.92. The zero-order valence-corrected chi connectivity index (χ0v) is 14.8. The number of halogens is 3. The molecule has 0 radical (unpaired) electrons. The Hall–Kier alpha value is -2.39. The third kappa shape index (κ3) is 3.57. The summed E-state index contributed by atoms with van der Waals surface area (Å²) in [6, 6.07) is 3.13. The van der Waals surface area contributed by atoms with Gasteiger partial charge in [0.1, 0.15) is 5.82 Å². The highest BCUT2D eigenvalue weighted by Gasteiger charge is 2.38. The average molecular weight is 382 g/mol. The van der Waals surface area contributed by atoms with Gasteiger partial charge in [-0.1, -0.05) is 12.8 Å². The molecule has 1 aliphatic heterocycles. The summed E-state index contributed by atoms with van der Waals surface area (Å²) in [5.74, 6) is -0.344. The number of fused-ring (bicyclic) bond motifs is 1. The van der Waals surface area contributed by atoms with Gasteiger partial charge in [0.05, 0.1) is 0 Å². The Morgan fingerprint density at radius 3 is 2.52 bits per heavy atom. The highest BCUT2D eigenvalue weighted by Crippen LogP contribution is 2.29. The number of alkyl halides is 3. The molecule has 146 valence electrons. The molecule has 0 spiro atoms. The summed E-state index contributed by atoms with van der Waals surface area (Å²) in [6.07, 6.45) is 0.290. The summed E-state index contributed by atoms with van der Waals surface area (Å²) >= 11 is 0. The molecule has 1 saturated heterocycles. The van der Waals surface area contributed by atoms with E-state index in [4.69, 9.17) is 0 Å². The van der Waals surface area contributed by atoms with Gasteiger partial charge >= 0.3 is 6.18 Å². The Bertz CT molecular complexity index is 830. The van der Waals surface area contributed by atoms with Crippen LogP contribution in [0.5, 0.6) is 0 Å². The van der Waals surface area contributed by atoms with Crippen molar-refractivity contribution in [3.05, 3.63) is 18.0 Å². The lowest BCUT2D eigenvalue weighted by Gasteiger charge is -2.24. The zero-order valence-electron chi connectivity index (χ0n) is 14.8. The number of carbonyl (C=O) groups excluding carboxylic acids is 1. The van der Waals surface area contributed by atoms with Crippen molar-refractivity contribution in [3.8, 4) is 0 Å². The minimum Gasteiger partial charge on any atom is -0.353 e. The van der Waals surface area contributed by atoms with Crippen molar-refractivity contribution in [2.75, 3.05) is 31.1 Å². The minimum atomic E-state index is -4.62. The maximum atomic E-state index is 13.1.